The monoisotopic (exact) mass is 255 g/mol. The molecule has 1 aliphatic rings. The Morgan fingerprint density at radius 3 is 2.47 bits per heavy atom. The molecule has 1 aromatic carbocycles. The number of rotatable bonds is 1. The van der Waals surface area contributed by atoms with Crippen LogP contribution < -0.4 is 5.32 Å². The summed E-state index contributed by atoms with van der Waals surface area (Å²) in [6, 6.07) is 8.54. The molecule has 0 spiro atoms. The molecule has 1 aliphatic heterocycles. The minimum absolute atomic E-state index is 0.0893. The van der Waals surface area contributed by atoms with E-state index in [-0.39, 0.29) is 5.41 Å². The van der Waals surface area contributed by atoms with Crippen LogP contribution in [0.25, 0.3) is 5.69 Å². The fraction of sp³-hybridized carbons (Fsp3) is 0.438. The number of hydrogen-bond donors (Lipinski definition) is 1. The molecule has 3 heteroatoms. The lowest BCUT2D eigenvalue weighted by Crippen LogP contribution is -2.15. The zero-order valence-electron chi connectivity index (χ0n) is 12.1. The van der Waals surface area contributed by atoms with Crippen molar-refractivity contribution in [1.29, 1.82) is 0 Å². The first-order valence-electron chi connectivity index (χ1n) is 6.90. The molecule has 2 aromatic rings. The second-order valence-electron chi connectivity index (χ2n) is 6.35. The summed E-state index contributed by atoms with van der Waals surface area (Å²) in [5, 5.41) is 8.33. The van der Waals surface area contributed by atoms with Gasteiger partial charge in [-0.1, -0.05) is 38.5 Å². The average Bonchev–Trinajstić information content (AvgIpc) is 2.89. The van der Waals surface area contributed by atoms with Crippen molar-refractivity contribution in [3.63, 3.8) is 0 Å². The standard InChI is InChI=1S/C16H21N3/c1-11-5-7-12(8-6-11)19-15-13(9-10-17-15)14(18-19)16(2,3)4/h5-8,17H,9-10H2,1-4H3. The fourth-order valence-electron chi connectivity index (χ4n) is 2.65. The largest absolute Gasteiger partial charge is 0.369 e. The topological polar surface area (TPSA) is 29.9 Å². The van der Waals surface area contributed by atoms with E-state index in [2.05, 4.69) is 62.0 Å². The normalized spacial score (nSPS) is 14.3. The molecule has 0 radical (unpaired) electrons. The van der Waals surface area contributed by atoms with Crippen LogP contribution in [-0.4, -0.2) is 16.3 Å². The molecule has 0 aliphatic carbocycles. The third-order valence-electron chi connectivity index (χ3n) is 3.64. The van der Waals surface area contributed by atoms with Crippen LogP contribution in [0.15, 0.2) is 24.3 Å². The van der Waals surface area contributed by atoms with Gasteiger partial charge in [0.05, 0.1) is 11.4 Å². The number of fused-ring (bicyclic) bond motifs is 1. The van der Waals surface area contributed by atoms with Gasteiger partial charge in [0.25, 0.3) is 0 Å². The summed E-state index contributed by atoms with van der Waals surface area (Å²) in [6.07, 6.45) is 1.08. The van der Waals surface area contributed by atoms with E-state index in [1.165, 1.54) is 22.6 Å². The summed E-state index contributed by atoms with van der Waals surface area (Å²) in [6.45, 7) is 9.81. The van der Waals surface area contributed by atoms with E-state index < -0.39 is 0 Å². The molecule has 100 valence electrons. The predicted octanol–water partition coefficient (Wildman–Crippen LogP) is 3.45. The van der Waals surface area contributed by atoms with Gasteiger partial charge in [-0.25, -0.2) is 4.68 Å². The lowest BCUT2D eigenvalue weighted by atomic mass is 9.89. The number of hydrogen-bond acceptors (Lipinski definition) is 2. The van der Waals surface area contributed by atoms with Crippen molar-refractivity contribution in [3.05, 3.63) is 41.1 Å². The Kier molecular flexibility index (Phi) is 2.66. The zero-order valence-corrected chi connectivity index (χ0v) is 12.1. The molecule has 1 aromatic heterocycles. The number of nitrogens with one attached hydrogen (secondary N) is 1. The molecule has 2 heterocycles. The molecule has 0 fully saturated rings. The van der Waals surface area contributed by atoms with E-state index in [0.29, 0.717) is 0 Å². The van der Waals surface area contributed by atoms with Crippen LogP contribution >= 0.6 is 0 Å². The van der Waals surface area contributed by atoms with Crippen LogP contribution in [-0.2, 0) is 11.8 Å². The Bertz CT molecular complexity index is 600. The Morgan fingerprint density at radius 2 is 1.84 bits per heavy atom. The van der Waals surface area contributed by atoms with Crippen LogP contribution in [0.2, 0.25) is 0 Å². The van der Waals surface area contributed by atoms with Crippen LogP contribution in [0.3, 0.4) is 0 Å². The molecule has 0 bridgehead atoms. The second kappa shape index (κ2) is 4.12. The van der Waals surface area contributed by atoms with Crippen LogP contribution in [0.5, 0.6) is 0 Å². The smallest absolute Gasteiger partial charge is 0.133 e. The lowest BCUT2D eigenvalue weighted by Gasteiger charge is -2.16. The SMILES string of the molecule is Cc1ccc(-n2nc(C(C)(C)C)c3c2NCC3)cc1. The van der Waals surface area contributed by atoms with E-state index >= 15 is 0 Å². The van der Waals surface area contributed by atoms with Gasteiger partial charge < -0.3 is 5.32 Å². The highest BCUT2D eigenvalue weighted by Crippen LogP contribution is 2.34. The van der Waals surface area contributed by atoms with Crippen molar-refractivity contribution in [2.45, 2.75) is 39.5 Å². The van der Waals surface area contributed by atoms with Crippen LogP contribution in [0.1, 0.15) is 37.6 Å². The molecule has 0 unspecified atom stereocenters. The first-order chi connectivity index (χ1) is 8.97. The second-order valence-corrected chi connectivity index (χ2v) is 6.35. The van der Waals surface area contributed by atoms with Crippen LogP contribution in [0, 0.1) is 6.92 Å². The molecule has 0 amide bonds. The summed E-state index contributed by atoms with van der Waals surface area (Å²) in [4.78, 5) is 0. The van der Waals surface area contributed by atoms with Crippen molar-refractivity contribution in [3.8, 4) is 5.69 Å². The molecule has 0 atom stereocenters. The fourth-order valence-corrected chi connectivity index (χ4v) is 2.65. The van der Waals surface area contributed by atoms with Crippen molar-refractivity contribution in [2.24, 2.45) is 0 Å². The number of aryl methyl sites for hydroxylation is 1. The number of benzene rings is 1. The molecule has 3 nitrogen and oxygen atoms in total. The number of anilines is 1. The summed E-state index contributed by atoms with van der Waals surface area (Å²) in [5.74, 6) is 1.17. The first kappa shape index (κ1) is 12.3. The van der Waals surface area contributed by atoms with Gasteiger partial charge in [-0.2, -0.15) is 5.10 Å². The van der Waals surface area contributed by atoms with Crippen LogP contribution in [0.4, 0.5) is 5.82 Å². The summed E-state index contributed by atoms with van der Waals surface area (Å²) < 4.78 is 2.06. The van der Waals surface area contributed by atoms with E-state index in [1.54, 1.807) is 0 Å². The maximum absolute atomic E-state index is 4.86. The molecular formula is C16H21N3. The van der Waals surface area contributed by atoms with Crippen molar-refractivity contribution in [2.75, 3.05) is 11.9 Å². The van der Waals surface area contributed by atoms with E-state index in [1.807, 2.05) is 0 Å². The third-order valence-corrected chi connectivity index (χ3v) is 3.64. The van der Waals surface area contributed by atoms with Gasteiger partial charge in [-0.15, -0.1) is 0 Å². The zero-order chi connectivity index (χ0) is 13.6. The Morgan fingerprint density at radius 1 is 1.16 bits per heavy atom. The maximum atomic E-state index is 4.86. The Labute approximate surface area is 114 Å². The Hall–Kier alpha value is -1.77. The highest BCUT2D eigenvalue weighted by molar-refractivity contribution is 5.58. The number of aromatic nitrogens is 2. The molecule has 19 heavy (non-hydrogen) atoms. The van der Waals surface area contributed by atoms with Gasteiger partial charge in [0, 0.05) is 17.5 Å². The first-order valence-corrected chi connectivity index (χ1v) is 6.90. The van der Waals surface area contributed by atoms with Gasteiger partial charge in [0.15, 0.2) is 0 Å². The van der Waals surface area contributed by atoms with Gasteiger partial charge >= 0.3 is 0 Å². The minimum atomic E-state index is 0.0893. The average molecular weight is 255 g/mol. The summed E-state index contributed by atoms with van der Waals surface area (Å²) in [7, 11) is 0. The van der Waals surface area contributed by atoms with Crippen molar-refractivity contribution < 1.29 is 0 Å². The van der Waals surface area contributed by atoms with Gasteiger partial charge in [0.1, 0.15) is 5.82 Å². The van der Waals surface area contributed by atoms with E-state index in [9.17, 15) is 0 Å². The predicted molar refractivity (Wildman–Crippen MR) is 79.2 cm³/mol. The molecule has 0 saturated heterocycles. The van der Waals surface area contributed by atoms with E-state index in [4.69, 9.17) is 5.10 Å². The molecule has 0 saturated carbocycles. The van der Waals surface area contributed by atoms with Gasteiger partial charge in [0.2, 0.25) is 0 Å². The number of nitrogens with zero attached hydrogens (tertiary/aromatic N) is 2. The molecule has 3 rings (SSSR count). The van der Waals surface area contributed by atoms with Crippen molar-refractivity contribution >= 4 is 5.82 Å². The Balaban J connectivity index is 2.15. The van der Waals surface area contributed by atoms with E-state index in [0.717, 1.165) is 18.7 Å². The minimum Gasteiger partial charge on any atom is -0.369 e. The molecule has 1 N–H and O–H groups in total. The highest BCUT2D eigenvalue weighted by Gasteiger charge is 2.29. The quantitative estimate of drug-likeness (QED) is 0.846. The highest BCUT2D eigenvalue weighted by atomic mass is 15.3. The summed E-state index contributed by atoms with van der Waals surface area (Å²) in [5.41, 5.74) is 5.09. The molecular weight excluding hydrogens is 234 g/mol. The third kappa shape index (κ3) is 2.03. The van der Waals surface area contributed by atoms with Gasteiger partial charge in [-0.05, 0) is 25.5 Å². The van der Waals surface area contributed by atoms with Gasteiger partial charge in [-0.3, -0.25) is 0 Å². The van der Waals surface area contributed by atoms with Crippen molar-refractivity contribution in [1.82, 2.24) is 9.78 Å². The summed E-state index contributed by atoms with van der Waals surface area (Å²) >= 11 is 0. The maximum Gasteiger partial charge on any atom is 0.133 e. The lowest BCUT2D eigenvalue weighted by molar-refractivity contribution is 0.554.